The highest BCUT2D eigenvalue weighted by atomic mass is 32.1. The van der Waals surface area contributed by atoms with Crippen LogP contribution in [-0.4, -0.2) is 18.5 Å². The third kappa shape index (κ3) is 4.53. The fraction of sp³-hybridized carbons (Fsp3) is 0.545. The molecule has 0 bridgehead atoms. The molecule has 0 amide bonds. The van der Waals surface area contributed by atoms with Crippen molar-refractivity contribution < 1.29 is 9.53 Å². The van der Waals surface area contributed by atoms with Crippen molar-refractivity contribution in [2.24, 2.45) is 0 Å². The van der Waals surface area contributed by atoms with E-state index in [1.807, 2.05) is 25.3 Å². The van der Waals surface area contributed by atoms with E-state index in [0.29, 0.717) is 6.42 Å². The molecule has 0 unspecified atom stereocenters. The summed E-state index contributed by atoms with van der Waals surface area (Å²) in [5, 5.41) is 2.03. The van der Waals surface area contributed by atoms with Crippen LogP contribution in [0.5, 0.6) is 0 Å². The molecule has 0 fully saturated rings. The third-order valence-corrected chi connectivity index (χ3v) is 2.74. The Morgan fingerprint density at radius 1 is 1.57 bits per heavy atom. The van der Waals surface area contributed by atoms with Crippen molar-refractivity contribution in [2.45, 2.75) is 32.8 Å². The standard InChI is InChI=1S/C11H16O2S/c1-9(2)13-8-10(12)5-6-11-4-3-7-14-11/h3-4,7,9H,5-6,8H2,1-2H3. The maximum atomic E-state index is 11.3. The summed E-state index contributed by atoms with van der Waals surface area (Å²) in [7, 11) is 0. The van der Waals surface area contributed by atoms with Crippen LogP contribution in [0.4, 0.5) is 0 Å². The lowest BCUT2D eigenvalue weighted by atomic mass is 10.2. The van der Waals surface area contributed by atoms with Crippen LogP contribution in [0, 0.1) is 0 Å². The molecule has 3 heteroatoms. The molecule has 0 aliphatic rings. The fourth-order valence-electron chi connectivity index (χ4n) is 1.05. The molecule has 0 spiro atoms. The first-order valence-corrected chi connectivity index (χ1v) is 5.72. The second-order valence-corrected chi connectivity index (χ2v) is 4.51. The molecule has 1 rings (SSSR count). The number of hydrogen-bond acceptors (Lipinski definition) is 3. The summed E-state index contributed by atoms with van der Waals surface area (Å²) in [4.78, 5) is 12.6. The molecule has 0 saturated heterocycles. The first-order chi connectivity index (χ1) is 6.68. The first kappa shape index (κ1) is 11.4. The van der Waals surface area contributed by atoms with Gasteiger partial charge in [-0.3, -0.25) is 4.79 Å². The van der Waals surface area contributed by atoms with Gasteiger partial charge in [-0.15, -0.1) is 11.3 Å². The molecule has 14 heavy (non-hydrogen) atoms. The van der Waals surface area contributed by atoms with Crippen LogP contribution in [0.3, 0.4) is 0 Å². The molecule has 0 N–H and O–H groups in total. The highest BCUT2D eigenvalue weighted by molar-refractivity contribution is 7.09. The zero-order valence-corrected chi connectivity index (χ0v) is 9.47. The van der Waals surface area contributed by atoms with Crippen LogP contribution in [0.2, 0.25) is 0 Å². The molecule has 1 aromatic heterocycles. The lowest BCUT2D eigenvalue weighted by molar-refractivity contribution is -0.124. The van der Waals surface area contributed by atoms with Crippen LogP contribution < -0.4 is 0 Å². The number of Topliss-reactive ketones (excluding diaryl/α,β-unsaturated/α-hetero) is 1. The molecule has 0 aliphatic heterocycles. The second-order valence-electron chi connectivity index (χ2n) is 3.48. The van der Waals surface area contributed by atoms with E-state index in [1.54, 1.807) is 11.3 Å². The normalized spacial score (nSPS) is 10.8. The van der Waals surface area contributed by atoms with E-state index in [0.717, 1.165) is 6.42 Å². The maximum absolute atomic E-state index is 11.3. The number of carbonyl (C=O) groups excluding carboxylic acids is 1. The van der Waals surface area contributed by atoms with Crippen molar-refractivity contribution in [3.05, 3.63) is 22.4 Å². The molecule has 1 aromatic rings. The van der Waals surface area contributed by atoms with Gasteiger partial charge in [-0.1, -0.05) is 6.07 Å². The van der Waals surface area contributed by atoms with Gasteiger partial charge in [-0.25, -0.2) is 0 Å². The molecular weight excluding hydrogens is 196 g/mol. The van der Waals surface area contributed by atoms with Gasteiger partial charge in [-0.2, -0.15) is 0 Å². The first-order valence-electron chi connectivity index (χ1n) is 4.84. The van der Waals surface area contributed by atoms with Gasteiger partial charge in [0.05, 0.1) is 6.10 Å². The number of hydrogen-bond donors (Lipinski definition) is 0. The van der Waals surface area contributed by atoms with Gasteiger partial charge < -0.3 is 4.74 Å². The van der Waals surface area contributed by atoms with Gasteiger partial charge in [0.2, 0.25) is 0 Å². The Labute approximate surface area is 88.9 Å². The van der Waals surface area contributed by atoms with E-state index in [-0.39, 0.29) is 18.5 Å². The molecule has 2 nitrogen and oxygen atoms in total. The van der Waals surface area contributed by atoms with Gasteiger partial charge in [-0.05, 0) is 31.7 Å². The average Bonchev–Trinajstić information content (AvgIpc) is 2.63. The van der Waals surface area contributed by atoms with Gasteiger partial charge in [0.1, 0.15) is 6.61 Å². The fourth-order valence-corrected chi connectivity index (χ4v) is 1.76. The molecule has 0 atom stereocenters. The summed E-state index contributed by atoms with van der Waals surface area (Å²) in [6.45, 7) is 4.13. The Bertz CT molecular complexity index is 265. The predicted molar refractivity (Wildman–Crippen MR) is 58.7 cm³/mol. The van der Waals surface area contributed by atoms with Crippen molar-refractivity contribution in [3.63, 3.8) is 0 Å². The minimum atomic E-state index is 0.140. The highest BCUT2D eigenvalue weighted by Crippen LogP contribution is 2.10. The zero-order chi connectivity index (χ0) is 10.4. The SMILES string of the molecule is CC(C)OCC(=O)CCc1cccs1. The van der Waals surface area contributed by atoms with Crippen LogP contribution >= 0.6 is 11.3 Å². The van der Waals surface area contributed by atoms with Crippen molar-refractivity contribution in [3.8, 4) is 0 Å². The molecule has 0 radical (unpaired) electrons. The number of ketones is 1. The Balaban J connectivity index is 2.15. The Morgan fingerprint density at radius 3 is 2.93 bits per heavy atom. The van der Waals surface area contributed by atoms with Gasteiger partial charge in [0.15, 0.2) is 5.78 Å². The topological polar surface area (TPSA) is 26.3 Å². The minimum Gasteiger partial charge on any atom is -0.371 e. The van der Waals surface area contributed by atoms with E-state index in [9.17, 15) is 4.79 Å². The molecule has 0 saturated carbocycles. The summed E-state index contributed by atoms with van der Waals surface area (Å²) in [5.74, 6) is 0.187. The maximum Gasteiger partial charge on any atom is 0.158 e. The zero-order valence-electron chi connectivity index (χ0n) is 8.66. The van der Waals surface area contributed by atoms with Gasteiger partial charge in [0.25, 0.3) is 0 Å². The Hall–Kier alpha value is -0.670. The van der Waals surface area contributed by atoms with E-state index in [1.165, 1.54) is 4.88 Å². The van der Waals surface area contributed by atoms with Crippen molar-refractivity contribution in [2.75, 3.05) is 6.61 Å². The third-order valence-electron chi connectivity index (χ3n) is 1.81. The van der Waals surface area contributed by atoms with E-state index >= 15 is 0 Å². The minimum absolute atomic E-state index is 0.140. The smallest absolute Gasteiger partial charge is 0.158 e. The number of aryl methyl sites for hydroxylation is 1. The Morgan fingerprint density at radius 2 is 2.36 bits per heavy atom. The lowest BCUT2D eigenvalue weighted by Crippen LogP contribution is -2.13. The number of thiophene rings is 1. The number of ether oxygens (including phenoxy) is 1. The van der Waals surface area contributed by atoms with Crippen LogP contribution in [-0.2, 0) is 16.0 Å². The quantitative estimate of drug-likeness (QED) is 0.724. The predicted octanol–water partition coefficient (Wildman–Crippen LogP) is 2.67. The molecular formula is C11H16O2S. The van der Waals surface area contributed by atoms with Crippen molar-refractivity contribution in [1.82, 2.24) is 0 Å². The van der Waals surface area contributed by atoms with Gasteiger partial charge in [0, 0.05) is 11.3 Å². The van der Waals surface area contributed by atoms with Crippen molar-refractivity contribution in [1.29, 1.82) is 0 Å². The average molecular weight is 212 g/mol. The van der Waals surface area contributed by atoms with Crippen molar-refractivity contribution >= 4 is 17.1 Å². The Kier molecular flexibility index (Phi) is 4.84. The van der Waals surface area contributed by atoms with Crippen LogP contribution in [0.15, 0.2) is 17.5 Å². The molecule has 1 heterocycles. The highest BCUT2D eigenvalue weighted by Gasteiger charge is 2.04. The summed E-state index contributed by atoms with van der Waals surface area (Å²) in [6, 6.07) is 4.07. The monoisotopic (exact) mass is 212 g/mol. The summed E-state index contributed by atoms with van der Waals surface area (Å²) in [5.41, 5.74) is 0. The van der Waals surface area contributed by atoms with E-state index in [4.69, 9.17) is 4.74 Å². The second kappa shape index (κ2) is 5.94. The van der Waals surface area contributed by atoms with Crippen LogP contribution in [0.25, 0.3) is 0 Å². The molecule has 0 aliphatic carbocycles. The summed E-state index contributed by atoms with van der Waals surface area (Å²) < 4.78 is 5.23. The van der Waals surface area contributed by atoms with E-state index < -0.39 is 0 Å². The largest absolute Gasteiger partial charge is 0.371 e. The number of carbonyl (C=O) groups is 1. The van der Waals surface area contributed by atoms with Crippen LogP contribution in [0.1, 0.15) is 25.1 Å². The molecule has 78 valence electrons. The van der Waals surface area contributed by atoms with Gasteiger partial charge >= 0.3 is 0 Å². The summed E-state index contributed by atoms with van der Waals surface area (Å²) >= 11 is 1.70. The number of rotatable bonds is 6. The molecule has 0 aromatic carbocycles. The summed E-state index contributed by atoms with van der Waals surface area (Å²) in [6.07, 6.45) is 1.58. The lowest BCUT2D eigenvalue weighted by Gasteiger charge is -2.05. The van der Waals surface area contributed by atoms with E-state index in [2.05, 4.69) is 6.07 Å².